The number of thiazole rings is 1. The van der Waals surface area contributed by atoms with Crippen LogP contribution in [0.5, 0.6) is 0 Å². The summed E-state index contributed by atoms with van der Waals surface area (Å²) in [6.07, 6.45) is 2.13. The summed E-state index contributed by atoms with van der Waals surface area (Å²) >= 11 is 1.29. The van der Waals surface area contributed by atoms with Gasteiger partial charge in [-0.2, -0.15) is 0 Å². The van der Waals surface area contributed by atoms with Gasteiger partial charge in [-0.1, -0.05) is 53.3 Å². The van der Waals surface area contributed by atoms with Gasteiger partial charge >= 0.3 is 5.69 Å². The lowest BCUT2D eigenvalue weighted by atomic mass is 10.1. The Morgan fingerprint density at radius 2 is 1.75 bits per heavy atom. The summed E-state index contributed by atoms with van der Waals surface area (Å²) in [6.45, 7) is 7.70. The molecule has 2 aromatic carbocycles. The molecule has 4 aromatic rings. The number of nitrogens with one attached hydrogen (secondary N) is 1. The zero-order chi connectivity index (χ0) is 25.4. The van der Waals surface area contributed by atoms with Crippen LogP contribution in [-0.4, -0.2) is 33.1 Å². The number of aromatic nitrogens is 3. The van der Waals surface area contributed by atoms with Crippen LogP contribution in [-0.2, 0) is 17.9 Å². The van der Waals surface area contributed by atoms with Gasteiger partial charge in [0, 0.05) is 19.6 Å². The summed E-state index contributed by atoms with van der Waals surface area (Å²) in [7, 11) is 0. The third-order valence-electron chi connectivity index (χ3n) is 6.78. The highest BCUT2D eigenvalue weighted by Gasteiger charge is 2.24. The van der Waals surface area contributed by atoms with E-state index in [0.29, 0.717) is 22.1 Å². The Balaban J connectivity index is 1.59. The van der Waals surface area contributed by atoms with Gasteiger partial charge in [-0.05, 0) is 56.4 Å². The van der Waals surface area contributed by atoms with Gasteiger partial charge in [0.15, 0.2) is 10.8 Å². The first-order valence-electron chi connectivity index (χ1n) is 12.1. The number of carbonyl (C=O) groups excluding carboxylic acids is 1. The van der Waals surface area contributed by atoms with Gasteiger partial charge in [-0.25, -0.2) is 14.3 Å². The number of hydrogen-bond donors (Lipinski definition) is 1. The third-order valence-corrected chi connectivity index (χ3v) is 7.87. The van der Waals surface area contributed by atoms with E-state index in [1.54, 1.807) is 6.07 Å². The van der Waals surface area contributed by atoms with E-state index in [9.17, 15) is 14.4 Å². The van der Waals surface area contributed by atoms with Crippen LogP contribution in [0.15, 0.2) is 52.1 Å². The second kappa shape index (κ2) is 9.73. The highest BCUT2D eigenvalue weighted by atomic mass is 32.1. The fourth-order valence-electron chi connectivity index (χ4n) is 4.51. The van der Waals surface area contributed by atoms with E-state index in [0.717, 1.165) is 48.2 Å². The predicted octanol–water partition coefficient (Wildman–Crippen LogP) is 3.45. The molecule has 5 rings (SSSR count). The molecule has 8 nitrogen and oxygen atoms in total. The Kier molecular flexibility index (Phi) is 6.49. The number of nitrogens with zero attached hydrogens (tertiary/aromatic N) is 4. The number of benzene rings is 2. The van der Waals surface area contributed by atoms with E-state index in [1.807, 2.05) is 57.2 Å². The largest absolute Gasteiger partial charge is 0.350 e. The topological polar surface area (TPSA) is 89.2 Å². The minimum Gasteiger partial charge on any atom is -0.350 e. The highest BCUT2D eigenvalue weighted by molar-refractivity contribution is 7.22. The van der Waals surface area contributed by atoms with Gasteiger partial charge in [-0.3, -0.25) is 14.2 Å². The molecule has 0 radical (unpaired) electrons. The maximum Gasteiger partial charge on any atom is 0.337 e. The monoisotopic (exact) mass is 503 g/mol. The van der Waals surface area contributed by atoms with Crippen molar-refractivity contribution >= 4 is 32.7 Å². The van der Waals surface area contributed by atoms with Crippen molar-refractivity contribution < 1.29 is 4.79 Å². The fourth-order valence-corrected chi connectivity index (χ4v) is 5.56. The van der Waals surface area contributed by atoms with Crippen LogP contribution in [0, 0.1) is 20.8 Å². The Morgan fingerprint density at radius 3 is 2.47 bits per heavy atom. The predicted molar refractivity (Wildman–Crippen MR) is 143 cm³/mol. The molecule has 0 atom stereocenters. The average molecular weight is 504 g/mol. The van der Waals surface area contributed by atoms with Crippen molar-refractivity contribution in [2.75, 3.05) is 18.0 Å². The molecule has 0 bridgehead atoms. The summed E-state index contributed by atoms with van der Waals surface area (Å²) in [5, 5.41) is 3.61. The molecule has 1 aliphatic heterocycles. The number of fused-ring (bicyclic) bond motifs is 1. The summed E-state index contributed by atoms with van der Waals surface area (Å²) in [6, 6.07) is 13.4. The van der Waals surface area contributed by atoms with Gasteiger partial charge in [0.05, 0.1) is 5.69 Å². The van der Waals surface area contributed by atoms with Crippen LogP contribution in [0.4, 0.5) is 5.13 Å². The molecule has 0 unspecified atom stereocenters. The average Bonchev–Trinajstić information content (AvgIpc) is 3.55. The second-order valence-electron chi connectivity index (χ2n) is 9.33. The molecule has 1 fully saturated rings. The standard InChI is InChI=1S/C27H29N5O3S/c1-17-9-11-20(12-10-17)15-28-22(33)16-31-24-23(36-26(29-24)30-13-4-5-14-30)25(34)32(27(31)35)21-8-6-7-18(2)19(21)3/h6-12H,4-5,13-16H2,1-3H3,(H,28,33). The van der Waals surface area contributed by atoms with Crippen molar-refractivity contribution in [1.82, 2.24) is 19.4 Å². The zero-order valence-corrected chi connectivity index (χ0v) is 21.5. The van der Waals surface area contributed by atoms with Crippen LogP contribution in [0.3, 0.4) is 0 Å². The summed E-state index contributed by atoms with van der Waals surface area (Å²) in [4.78, 5) is 47.2. The smallest absolute Gasteiger partial charge is 0.337 e. The minimum absolute atomic E-state index is 0.227. The van der Waals surface area contributed by atoms with E-state index in [2.05, 4.69) is 15.2 Å². The van der Waals surface area contributed by atoms with Crippen molar-refractivity contribution in [3.63, 3.8) is 0 Å². The number of hydrogen-bond acceptors (Lipinski definition) is 6. The maximum atomic E-state index is 13.7. The Labute approximate surface area is 212 Å². The van der Waals surface area contributed by atoms with Gasteiger partial charge in [-0.15, -0.1) is 0 Å². The van der Waals surface area contributed by atoms with Crippen molar-refractivity contribution in [2.45, 2.75) is 46.7 Å². The molecular formula is C27H29N5O3S. The molecule has 0 aliphatic carbocycles. The number of aryl methyl sites for hydroxylation is 2. The molecule has 0 spiro atoms. The van der Waals surface area contributed by atoms with Crippen LogP contribution in [0.2, 0.25) is 0 Å². The molecule has 1 N–H and O–H groups in total. The van der Waals surface area contributed by atoms with Crippen molar-refractivity contribution in [3.8, 4) is 5.69 Å². The number of anilines is 1. The Hall–Kier alpha value is -3.72. The summed E-state index contributed by atoms with van der Waals surface area (Å²) < 4.78 is 2.90. The number of rotatable bonds is 6. The molecule has 36 heavy (non-hydrogen) atoms. The molecule has 2 aromatic heterocycles. The maximum absolute atomic E-state index is 13.7. The quantitative estimate of drug-likeness (QED) is 0.435. The first kappa shape index (κ1) is 24.0. The fraction of sp³-hybridized carbons (Fsp3) is 0.333. The second-order valence-corrected chi connectivity index (χ2v) is 10.3. The van der Waals surface area contributed by atoms with Gasteiger partial charge in [0.1, 0.15) is 11.2 Å². The lowest BCUT2D eigenvalue weighted by molar-refractivity contribution is -0.121. The lowest BCUT2D eigenvalue weighted by Crippen LogP contribution is -2.41. The molecule has 9 heteroatoms. The van der Waals surface area contributed by atoms with Crippen LogP contribution in [0.25, 0.3) is 16.0 Å². The van der Waals surface area contributed by atoms with Crippen molar-refractivity contribution in [1.29, 1.82) is 0 Å². The van der Waals surface area contributed by atoms with Gasteiger partial charge in [0.2, 0.25) is 5.91 Å². The van der Waals surface area contributed by atoms with Gasteiger partial charge in [0.25, 0.3) is 5.56 Å². The zero-order valence-electron chi connectivity index (χ0n) is 20.7. The van der Waals surface area contributed by atoms with Crippen LogP contribution >= 0.6 is 11.3 Å². The molecule has 1 saturated heterocycles. The van der Waals surface area contributed by atoms with Crippen LogP contribution < -0.4 is 21.5 Å². The molecule has 1 aliphatic rings. The van der Waals surface area contributed by atoms with Gasteiger partial charge < -0.3 is 10.2 Å². The first-order chi connectivity index (χ1) is 17.3. The SMILES string of the molecule is Cc1ccc(CNC(=O)Cn2c(=O)n(-c3cccc(C)c3C)c(=O)c3sc(N4CCCC4)nc32)cc1. The van der Waals surface area contributed by atoms with E-state index in [1.165, 1.54) is 20.5 Å². The number of carbonyl (C=O) groups is 1. The molecule has 0 saturated carbocycles. The third kappa shape index (κ3) is 4.46. The van der Waals surface area contributed by atoms with Crippen LogP contribution in [0.1, 0.15) is 35.1 Å². The molecular weight excluding hydrogens is 474 g/mol. The Bertz CT molecular complexity index is 1560. The number of amides is 1. The Morgan fingerprint density at radius 1 is 1.03 bits per heavy atom. The molecule has 186 valence electrons. The van der Waals surface area contributed by atoms with Crippen molar-refractivity contribution in [3.05, 3.63) is 85.6 Å². The minimum atomic E-state index is -0.565. The van der Waals surface area contributed by atoms with Crippen molar-refractivity contribution in [2.24, 2.45) is 0 Å². The van der Waals surface area contributed by atoms with E-state index in [4.69, 9.17) is 0 Å². The van der Waals surface area contributed by atoms with E-state index >= 15 is 0 Å². The van der Waals surface area contributed by atoms with E-state index in [-0.39, 0.29) is 18.1 Å². The highest BCUT2D eigenvalue weighted by Crippen LogP contribution is 2.29. The lowest BCUT2D eigenvalue weighted by Gasteiger charge is -2.14. The summed E-state index contributed by atoms with van der Waals surface area (Å²) in [5.41, 5.74) is 3.76. The first-order valence-corrected chi connectivity index (χ1v) is 13.0. The normalized spacial score (nSPS) is 13.5. The molecule has 1 amide bonds. The van der Waals surface area contributed by atoms with E-state index < -0.39 is 11.2 Å². The molecule has 3 heterocycles. The summed E-state index contributed by atoms with van der Waals surface area (Å²) in [5.74, 6) is -0.319.